The molecular formula is C17H19FN4O2. The van der Waals surface area contributed by atoms with Crippen LogP contribution in [0.25, 0.3) is 0 Å². The van der Waals surface area contributed by atoms with E-state index in [9.17, 15) is 14.3 Å². The maximum absolute atomic E-state index is 14.4. The lowest BCUT2D eigenvalue weighted by atomic mass is 10.0. The third-order valence-corrected chi connectivity index (χ3v) is 4.89. The third kappa shape index (κ3) is 2.39. The molecule has 3 heterocycles. The molecule has 0 bridgehead atoms. The average Bonchev–Trinajstić information content (AvgIpc) is 3.31. The van der Waals surface area contributed by atoms with Gasteiger partial charge in [0.15, 0.2) is 12.0 Å². The number of hydrogen-bond donors (Lipinski definition) is 1. The number of halogens is 1. The smallest absolute Gasteiger partial charge is 0.293 e. The fourth-order valence-corrected chi connectivity index (χ4v) is 3.64. The van der Waals surface area contributed by atoms with Crippen molar-refractivity contribution >= 4 is 5.91 Å². The predicted molar refractivity (Wildman–Crippen MR) is 84.2 cm³/mol. The lowest BCUT2D eigenvalue weighted by Gasteiger charge is -2.21. The first-order valence-corrected chi connectivity index (χ1v) is 8.26. The van der Waals surface area contributed by atoms with Gasteiger partial charge in [0.1, 0.15) is 0 Å². The molecule has 2 aromatic rings. The standard InChI is InChI=1S/C17H19FN4O2/c18-13-9-14(11-5-2-1-3-6-11)22-16(13)19-15(20-22)17(24)21-8-4-7-12(21)10-23/h1-3,5-6,12-14,23H,4,7-10H2/t12-,13+,14+/m1/s1. The van der Waals surface area contributed by atoms with Crippen molar-refractivity contribution in [1.29, 1.82) is 0 Å². The van der Waals surface area contributed by atoms with Crippen molar-refractivity contribution in [2.45, 2.75) is 37.5 Å². The number of benzene rings is 1. The number of likely N-dealkylation sites (tertiary alicyclic amines) is 1. The minimum Gasteiger partial charge on any atom is -0.394 e. The van der Waals surface area contributed by atoms with Crippen molar-refractivity contribution in [3.05, 3.63) is 47.5 Å². The molecule has 2 aliphatic heterocycles. The van der Waals surface area contributed by atoms with Gasteiger partial charge in [0, 0.05) is 13.0 Å². The van der Waals surface area contributed by atoms with Crippen LogP contribution in [0.3, 0.4) is 0 Å². The molecule has 24 heavy (non-hydrogen) atoms. The van der Waals surface area contributed by atoms with Gasteiger partial charge in [-0.2, -0.15) is 0 Å². The SMILES string of the molecule is O=C(c1nc2n(n1)[C@H](c1ccccc1)C[C@@H]2F)N1CCC[C@@H]1CO. The highest BCUT2D eigenvalue weighted by Gasteiger charge is 2.38. The van der Waals surface area contributed by atoms with Gasteiger partial charge in [-0.3, -0.25) is 4.79 Å². The van der Waals surface area contributed by atoms with E-state index in [0.29, 0.717) is 6.54 Å². The number of alkyl halides is 1. The molecule has 1 saturated heterocycles. The molecule has 0 aliphatic carbocycles. The van der Waals surface area contributed by atoms with E-state index in [4.69, 9.17) is 0 Å². The number of amides is 1. The molecule has 7 heteroatoms. The van der Waals surface area contributed by atoms with Gasteiger partial charge in [-0.15, -0.1) is 5.10 Å². The molecule has 1 fully saturated rings. The van der Waals surface area contributed by atoms with E-state index in [1.807, 2.05) is 30.3 Å². The molecule has 0 saturated carbocycles. The Balaban J connectivity index is 1.65. The van der Waals surface area contributed by atoms with Gasteiger partial charge in [-0.25, -0.2) is 14.1 Å². The summed E-state index contributed by atoms with van der Waals surface area (Å²) in [6.45, 7) is 0.507. The summed E-state index contributed by atoms with van der Waals surface area (Å²) in [6.07, 6.45) is 0.685. The van der Waals surface area contributed by atoms with E-state index < -0.39 is 6.17 Å². The molecule has 126 valence electrons. The molecule has 1 amide bonds. The Labute approximate surface area is 138 Å². The van der Waals surface area contributed by atoms with E-state index in [0.717, 1.165) is 18.4 Å². The molecule has 1 aromatic carbocycles. The van der Waals surface area contributed by atoms with Gasteiger partial charge in [-0.1, -0.05) is 30.3 Å². The highest BCUT2D eigenvalue weighted by atomic mass is 19.1. The minimum atomic E-state index is -1.23. The van der Waals surface area contributed by atoms with Gasteiger partial charge >= 0.3 is 0 Å². The number of fused-ring (bicyclic) bond motifs is 1. The highest BCUT2D eigenvalue weighted by Crippen LogP contribution is 2.39. The van der Waals surface area contributed by atoms with Crippen molar-refractivity contribution in [3.8, 4) is 0 Å². The van der Waals surface area contributed by atoms with E-state index in [1.165, 1.54) is 4.68 Å². The molecule has 2 aliphatic rings. The first-order valence-electron chi connectivity index (χ1n) is 8.26. The molecule has 0 spiro atoms. The van der Waals surface area contributed by atoms with Gasteiger partial charge in [0.05, 0.1) is 18.7 Å². The number of carbonyl (C=O) groups is 1. The van der Waals surface area contributed by atoms with Gasteiger partial charge in [-0.05, 0) is 18.4 Å². The lowest BCUT2D eigenvalue weighted by Crippen LogP contribution is -2.38. The van der Waals surface area contributed by atoms with E-state index in [1.54, 1.807) is 4.90 Å². The highest BCUT2D eigenvalue weighted by molar-refractivity contribution is 5.91. The summed E-state index contributed by atoms with van der Waals surface area (Å²) in [4.78, 5) is 18.4. The van der Waals surface area contributed by atoms with Crippen LogP contribution in [0, 0.1) is 0 Å². The first kappa shape index (κ1) is 15.3. The molecular weight excluding hydrogens is 311 g/mol. The Morgan fingerprint density at radius 3 is 2.88 bits per heavy atom. The molecule has 3 atom stereocenters. The van der Waals surface area contributed by atoms with Gasteiger partial charge in [0.25, 0.3) is 5.91 Å². The van der Waals surface area contributed by atoms with Crippen molar-refractivity contribution in [2.75, 3.05) is 13.2 Å². The Kier molecular flexibility index (Phi) is 3.80. The maximum Gasteiger partial charge on any atom is 0.293 e. The summed E-state index contributed by atoms with van der Waals surface area (Å²) in [5.41, 5.74) is 0.956. The molecule has 4 rings (SSSR count). The van der Waals surface area contributed by atoms with Crippen LogP contribution in [0.15, 0.2) is 30.3 Å². The van der Waals surface area contributed by atoms with Crippen LogP contribution in [-0.4, -0.2) is 49.9 Å². The quantitative estimate of drug-likeness (QED) is 0.933. The van der Waals surface area contributed by atoms with E-state index in [2.05, 4.69) is 10.1 Å². The molecule has 6 nitrogen and oxygen atoms in total. The number of aliphatic hydroxyl groups excluding tert-OH is 1. The topological polar surface area (TPSA) is 71.2 Å². The second-order valence-electron chi connectivity index (χ2n) is 6.35. The van der Waals surface area contributed by atoms with Crippen LogP contribution in [0.5, 0.6) is 0 Å². The third-order valence-electron chi connectivity index (χ3n) is 4.89. The zero-order chi connectivity index (χ0) is 16.7. The van der Waals surface area contributed by atoms with Crippen LogP contribution in [0.1, 0.15) is 53.5 Å². The molecule has 1 N–H and O–H groups in total. The van der Waals surface area contributed by atoms with Crippen molar-refractivity contribution < 1.29 is 14.3 Å². The van der Waals surface area contributed by atoms with E-state index in [-0.39, 0.29) is 42.7 Å². The summed E-state index contributed by atoms with van der Waals surface area (Å²) in [5.74, 6) is -0.0898. The maximum atomic E-state index is 14.4. The number of aromatic nitrogens is 3. The van der Waals surface area contributed by atoms with Crippen molar-refractivity contribution in [2.24, 2.45) is 0 Å². The normalized spacial score (nSPS) is 25.9. The minimum absolute atomic E-state index is 0.0219. The second-order valence-corrected chi connectivity index (χ2v) is 6.35. The van der Waals surface area contributed by atoms with Crippen LogP contribution < -0.4 is 0 Å². The Morgan fingerprint density at radius 1 is 1.33 bits per heavy atom. The van der Waals surface area contributed by atoms with Crippen molar-refractivity contribution in [1.82, 2.24) is 19.7 Å². The first-order chi connectivity index (χ1) is 11.7. The number of carbonyl (C=O) groups excluding carboxylic acids is 1. The predicted octanol–water partition coefficient (Wildman–Crippen LogP) is 1.88. The number of hydrogen-bond acceptors (Lipinski definition) is 4. The Morgan fingerprint density at radius 2 is 2.12 bits per heavy atom. The fraction of sp³-hybridized carbons (Fsp3) is 0.471. The van der Waals surface area contributed by atoms with Crippen LogP contribution in [-0.2, 0) is 0 Å². The summed E-state index contributed by atoms with van der Waals surface area (Å²) < 4.78 is 15.9. The number of nitrogens with zero attached hydrogens (tertiary/aromatic N) is 4. The fourth-order valence-electron chi connectivity index (χ4n) is 3.64. The second kappa shape index (κ2) is 5.98. The Bertz CT molecular complexity index is 748. The summed E-state index contributed by atoms with van der Waals surface area (Å²) in [6, 6.07) is 9.14. The van der Waals surface area contributed by atoms with Gasteiger partial charge < -0.3 is 10.0 Å². The number of aliphatic hydroxyl groups is 1. The molecule has 0 unspecified atom stereocenters. The van der Waals surface area contributed by atoms with Crippen LogP contribution >= 0.6 is 0 Å². The average molecular weight is 330 g/mol. The van der Waals surface area contributed by atoms with Crippen LogP contribution in [0.4, 0.5) is 4.39 Å². The summed E-state index contributed by atoms with van der Waals surface area (Å²) in [7, 11) is 0. The lowest BCUT2D eigenvalue weighted by molar-refractivity contribution is 0.0664. The molecule has 1 aromatic heterocycles. The monoisotopic (exact) mass is 330 g/mol. The summed E-state index contributed by atoms with van der Waals surface area (Å²) >= 11 is 0. The van der Waals surface area contributed by atoms with Crippen LogP contribution in [0.2, 0.25) is 0 Å². The zero-order valence-electron chi connectivity index (χ0n) is 13.2. The van der Waals surface area contributed by atoms with E-state index >= 15 is 0 Å². The van der Waals surface area contributed by atoms with Gasteiger partial charge in [0.2, 0.25) is 5.82 Å². The largest absolute Gasteiger partial charge is 0.394 e. The number of rotatable bonds is 3. The van der Waals surface area contributed by atoms with Crippen molar-refractivity contribution in [3.63, 3.8) is 0 Å². The zero-order valence-corrected chi connectivity index (χ0v) is 13.2. The molecule has 0 radical (unpaired) electrons. The Hall–Kier alpha value is -2.28. The summed E-state index contributed by atoms with van der Waals surface area (Å²) in [5, 5.41) is 13.7.